The summed E-state index contributed by atoms with van der Waals surface area (Å²) in [6.45, 7) is 3.58. The number of rotatable bonds is 5. The van der Waals surface area contributed by atoms with E-state index in [2.05, 4.69) is 35.2 Å². The van der Waals surface area contributed by atoms with Crippen molar-refractivity contribution in [2.75, 3.05) is 19.6 Å². The predicted octanol–water partition coefficient (Wildman–Crippen LogP) is 6.85. The van der Waals surface area contributed by atoms with Gasteiger partial charge in [0.1, 0.15) is 0 Å². The van der Waals surface area contributed by atoms with Crippen LogP contribution in [0.5, 0.6) is 0 Å². The molecule has 0 amide bonds. The van der Waals surface area contributed by atoms with Crippen molar-refractivity contribution in [3.63, 3.8) is 0 Å². The van der Waals surface area contributed by atoms with Gasteiger partial charge in [0.25, 0.3) is 0 Å². The van der Waals surface area contributed by atoms with Crippen LogP contribution in [0.15, 0.2) is 97.1 Å². The summed E-state index contributed by atoms with van der Waals surface area (Å²) in [7, 11) is 0. The largest absolute Gasteiger partial charge is 0.303 e. The Morgan fingerprint density at radius 2 is 1.22 bits per heavy atom. The van der Waals surface area contributed by atoms with Crippen LogP contribution >= 0.6 is 0 Å². The Balaban J connectivity index is 0.000000354. The molecule has 2 fully saturated rings. The number of nitrogens with zero attached hydrogens (tertiary/aromatic N) is 1. The Kier molecular flexibility index (Phi) is 8.28. The number of likely N-dealkylation sites (tertiary alicyclic amines) is 1. The lowest BCUT2D eigenvalue weighted by molar-refractivity contribution is 0.0917. The van der Waals surface area contributed by atoms with Gasteiger partial charge in [-0.3, -0.25) is 4.79 Å². The summed E-state index contributed by atoms with van der Waals surface area (Å²) in [4.78, 5) is 15.3. The molecule has 32 heavy (non-hydrogen) atoms. The van der Waals surface area contributed by atoms with E-state index in [1.54, 1.807) is 0 Å². The number of piperidine rings is 1. The average molecular weight is 426 g/mol. The van der Waals surface area contributed by atoms with Crippen molar-refractivity contribution in [3.05, 3.63) is 108 Å². The summed E-state index contributed by atoms with van der Waals surface area (Å²) in [5.74, 6) is 2.02. The molecular formula is C30H35NO. The molecule has 2 nitrogen and oxygen atoms in total. The van der Waals surface area contributed by atoms with Gasteiger partial charge in [0.15, 0.2) is 5.78 Å². The Bertz CT molecular complexity index is 890. The highest BCUT2D eigenvalue weighted by atomic mass is 16.1. The number of Topliss-reactive ketones (excluding diaryl/α,β-unsaturated/α-hetero) is 1. The first-order chi connectivity index (χ1) is 15.8. The van der Waals surface area contributed by atoms with Gasteiger partial charge >= 0.3 is 0 Å². The van der Waals surface area contributed by atoms with Crippen molar-refractivity contribution in [1.82, 2.24) is 4.90 Å². The summed E-state index contributed by atoms with van der Waals surface area (Å²) in [6.07, 6.45) is 5.89. The molecule has 2 atom stereocenters. The first kappa shape index (κ1) is 22.5. The average Bonchev–Trinajstić information content (AvgIpc) is 3.35. The predicted molar refractivity (Wildman–Crippen MR) is 133 cm³/mol. The second kappa shape index (κ2) is 11.8. The molecule has 1 saturated carbocycles. The third-order valence-corrected chi connectivity index (χ3v) is 7.01. The fourth-order valence-corrected chi connectivity index (χ4v) is 5.24. The van der Waals surface area contributed by atoms with Crippen LogP contribution in [-0.4, -0.2) is 30.3 Å². The van der Waals surface area contributed by atoms with Crippen molar-refractivity contribution in [1.29, 1.82) is 0 Å². The molecule has 2 heteroatoms. The third-order valence-electron chi connectivity index (χ3n) is 7.01. The number of hydrogen-bond acceptors (Lipinski definition) is 2. The zero-order chi connectivity index (χ0) is 22.0. The smallest absolute Gasteiger partial charge is 0.165 e. The molecule has 1 aliphatic heterocycles. The highest BCUT2D eigenvalue weighted by molar-refractivity contribution is 5.97. The van der Waals surface area contributed by atoms with Crippen LogP contribution in [0.3, 0.4) is 0 Å². The zero-order valence-electron chi connectivity index (χ0n) is 19.0. The lowest BCUT2D eigenvalue weighted by Gasteiger charge is -2.33. The monoisotopic (exact) mass is 425 g/mol. The van der Waals surface area contributed by atoms with Crippen molar-refractivity contribution in [2.24, 2.45) is 11.8 Å². The number of hydrogen-bond donors (Lipinski definition) is 0. The second-order valence-electron chi connectivity index (χ2n) is 9.25. The minimum atomic E-state index is 0.240. The van der Waals surface area contributed by atoms with Crippen LogP contribution in [0.4, 0.5) is 0 Å². The van der Waals surface area contributed by atoms with Crippen molar-refractivity contribution in [3.8, 4) is 0 Å². The molecule has 0 N–H and O–H groups in total. The molecule has 0 radical (unpaired) electrons. The lowest BCUT2D eigenvalue weighted by Crippen LogP contribution is -2.36. The van der Waals surface area contributed by atoms with Gasteiger partial charge in [0.05, 0.1) is 0 Å². The maximum absolute atomic E-state index is 12.7. The molecule has 166 valence electrons. The third kappa shape index (κ3) is 6.40. The van der Waals surface area contributed by atoms with Gasteiger partial charge in [-0.15, -0.1) is 0 Å². The SMILES string of the molecule is O=C(c1ccccc1)C1CCC(CN2CCC(c3ccccc3)CC2)C1.c1ccccc1. The minimum Gasteiger partial charge on any atom is -0.303 e. The van der Waals surface area contributed by atoms with E-state index in [1.807, 2.05) is 66.7 Å². The Labute approximate surface area is 193 Å². The lowest BCUT2D eigenvalue weighted by atomic mass is 9.89. The standard InChI is InChI=1S/C24H29NO.C6H6/c26-24(22-9-5-2-6-10-22)23-12-11-19(17-23)18-25-15-13-21(14-16-25)20-7-3-1-4-8-20;1-2-4-6-5-3-1/h1-10,19,21,23H,11-18H2;1-6H. The van der Waals surface area contributed by atoms with Crippen molar-refractivity contribution >= 4 is 5.78 Å². The van der Waals surface area contributed by atoms with E-state index in [-0.39, 0.29) is 5.92 Å². The van der Waals surface area contributed by atoms with Gasteiger partial charge in [0.2, 0.25) is 0 Å². The molecule has 0 bridgehead atoms. The summed E-state index contributed by atoms with van der Waals surface area (Å²) in [5, 5.41) is 0. The van der Waals surface area contributed by atoms with Gasteiger partial charge < -0.3 is 4.90 Å². The topological polar surface area (TPSA) is 20.3 Å². The number of benzene rings is 3. The molecule has 2 aliphatic rings. The molecule has 5 rings (SSSR count). The normalized spacial score (nSPS) is 21.5. The maximum atomic E-state index is 12.7. The molecule has 0 aromatic heterocycles. The van der Waals surface area contributed by atoms with E-state index < -0.39 is 0 Å². The maximum Gasteiger partial charge on any atom is 0.165 e. The van der Waals surface area contributed by atoms with E-state index in [9.17, 15) is 4.79 Å². The van der Waals surface area contributed by atoms with Gasteiger partial charge in [-0.1, -0.05) is 97.1 Å². The highest BCUT2D eigenvalue weighted by Crippen LogP contribution is 2.35. The Morgan fingerprint density at radius 3 is 1.81 bits per heavy atom. The Morgan fingerprint density at radius 1 is 0.688 bits per heavy atom. The van der Waals surface area contributed by atoms with E-state index in [4.69, 9.17) is 0 Å². The van der Waals surface area contributed by atoms with E-state index in [1.165, 1.54) is 44.5 Å². The second-order valence-corrected chi connectivity index (χ2v) is 9.25. The molecular weight excluding hydrogens is 390 g/mol. The Hall–Kier alpha value is -2.71. The fourth-order valence-electron chi connectivity index (χ4n) is 5.24. The first-order valence-electron chi connectivity index (χ1n) is 12.2. The summed E-state index contributed by atoms with van der Waals surface area (Å²) < 4.78 is 0. The van der Waals surface area contributed by atoms with Crippen LogP contribution in [0.25, 0.3) is 0 Å². The van der Waals surface area contributed by atoms with E-state index >= 15 is 0 Å². The molecule has 3 aromatic rings. The number of carbonyl (C=O) groups excluding carboxylic acids is 1. The van der Waals surface area contributed by atoms with Gasteiger partial charge in [-0.2, -0.15) is 0 Å². The summed E-state index contributed by atoms with van der Waals surface area (Å²) in [6, 6.07) is 32.8. The molecule has 1 saturated heterocycles. The van der Waals surface area contributed by atoms with Gasteiger partial charge in [-0.05, 0) is 62.6 Å². The van der Waals surface area contributed by atoms with Gasteiger partial charge in [-0.25, -0.2) is 0 Å². The molecule has 1 heterocycles. The minimum absolute atomic E-state index is 0.240. The van der Waals surface area contributed by atoms with Crippen LogP contribution in [0.1, 0.15) is 53.9 Å². The van der Waals surface area contributed by atoms with Crippen molar-refractivity contribution < 1.29 is 4.79 Å². The van der Waals surface area contributed by atoms with Crippen LogP contribution in [0.2, 0.25) is 0 Å². The highest BCUT2D eigenvalue weighted by Gasteiger charge is 2.32. The van der Waals surface area contributed by atoms with E-state index in [0.717, 1.165) is 24.3 Å². The summed E-state index contributed by atoms with van der Waals surface area (Å²) in [5.41, 5.74) is 2.39. The van der Waals surface area contributed by atoms with Crippen LogP contribution in [-0.2, 0) is 0 Å². The molecule has 1 aliphatic carbocycles. The van der Waals surface area contributed by atoms with Gasteiger partial charge in [0, 0.05) is 18.0 Å². The molecule has 3 aromatic carbocycles. The molecule has 2 unspecified atom stereocenters. The molecule has 0 spiro atoms. The van der Waals surface area contributed by atoms with Crippen LogP contribution in [0, 0.1) is 11.8 Å². The first-order valence-corrected chi connectivity index (χ1v) is 12.2. The zero-order valence-corrected chi connectivity index (χ0v) is 19.0. The van der Waals surface area contributed by atoms with Crippen LogP contribution < -0.4 is 0 Å². The number of ketones is 1. The fraction of sp³-hybridized carbons (Fsp3) is 0.367. The number of carbonyl (C=O) groups is 1. The van der Waals surface area contributed by atoms with Crippen molar-refractivity contribution in [2.45, 2.75) is 38.0 Å². The quantitative estimate of drug-likeness (QED) is 0.417. The summed E-state index contributed by atoms with van der Waals surface area (Å²) >= 11 is 0. The van der Waals surface area contributed by atoms with E-state index in [0.29, 0.717) is 11.7 Å².